The Kier molecular flexibility index (Phi) is 3.31. The first-order valence-electron chi connectivity index (χ1n) is 3.48. The van der Waals surface area contributed by atoms with Crippen LogP contribution in [0, 0.1) is 0 Å². The molecule has 0 aliphatic carbocycles. The molecule has 1 aromatic carbocycles. The molecule has 1 N–H and O–H groups in total. The van der Waals surface area contributed by atoms with E-state index in [2.05, 4.69) is 28.0 Å². The zero-order valence-electron chi connectivity index (χ0n) is 6.80. The topological polar surface area (TPSA) is 21.3 Å². The van der Waals surface area contributed by atoms with Crippen LogP contribution in [0.3, 0.4) is 0 Å². The predicted molar refractivity (Wildman–Crippen MR) is 53.3 cm³/mol. The van der Waals surface area contributed by atoms with Gasteiger partial charge in [-0.25, -0.2) is 0 Å². The average molecular weight is 228 g/mol. The highest BCUT2D eigenvalue weighted by molar-refractivity contribution is 9.10. The molecule has 0 amide bonds. The molecular weight excluding hydrogens is 218 g/mol. The fraction of sp³-hybridized carbons (Fsp3) is 0.111. The molecule has 1 rings (SSSR count). The van der Waals surface area contributed by atoms with Crippen LogP contribution in [0.1, 0.15) is 5.56 Å². The Bertz CT molecular complexity index is 286. The maximum absolute atomic E-state index is 4.74. The van der Waals surface area contributed by atoms with Crippen molar-refractivity contribution >= 4 is 21.6 Å². The molecule has 1 aromatic rings. The molecular formula is C9H10BrNO. The van der Waals surface area contributed by atoms with Crippen LogP contribution in [-0.4, -0.2) is 7.11 Å². The van der Waals surface area contributed by atoms with Gasteiger partial charge in [0.25, 0.3) is 0 Å². The van der Waals surface area contributed by atoms with Gasteiger partial charge in [-0.1, -0.05) is 40.7 Å². The molecule has 0 radical (unpaired) electrons. The van der Waals surface area contributed by atoms with Crippen LogP contribution in [0.15, 0.2) is 35.3 Å². The van der Waals surface area contributed by atoms with Gasteiger partial charge in [0.15, 0.2) is 0 Å². The third kappa shape index (κ3) is 2.09. The van der Waals surface area contributed by atoms with E-state index in [1.807, 2.05) is 24.3 Å². The van der Waals surface area contributed by atoms with E-state index in [1.165, 1.54) is 0 Å². The maximum Gasteiger partial charge on any atom is 0.0636 e. The van der Waals surface area contributed by atoms with Gasteiger partial charge in [-0.05, 0) is 6.07 Å². The second-order valence-corrected chi connectivity index (χ2v) is 3.12. The summed E-state index contributed by atoms with van der Waals surface area (Å²) in [7, 11) is 1.56. The second kappa shape index (κ2) is 4.28. The normalized spacial score (nSPS) is 9.50. The van der Waals surface area contributed by atoms with Gasteiger partial charge < -0.3 is 0 Å². The molecule has 3 heteroatoms. The zero-order chi connectivity index (χ0) is 8.97. The Morgan fingerprint density at radius 3 is 2.75 bits per heavy atom. The van der Waals surface area contributed by atoms with Crippen molar-refractivity contribution in [1.29, 1.82) is 0 Å². The molecule has 0 aromatic heterocycles. The zero-order valence-corrected chi connectivity index (χ0v) is 8.39. The van der Waals surface area contributed by atoms with Crippen LogP contribution in [0.4, 0.5) is 0 Å². The van der Waals surface area contributed by atoms with Crippen molar-refractivity contribution < 1.29 is 4.84 Å². The Morgan fingerprint density at radius 2 is 2.17 bits per heavy atom. The van der Waals surface area contributed by atoms with E-state index in [1.54, 1.807) is 7.11 Å². The fourth-order valence-electron chi connectivity index (χ4n) is 0.884. The summed E-state index contributed by atoms with van der Waals surface area (Å²) in [5.74, 6) is 0. The highest BCUT2D eigenvalue weighted by atomic mass is 79.9. The van der Waals surface area contributed by atoms with Crippen LogP contribution in [0.5, 0.6) is 0 Å². The molecule has 0 saturated carbocycles. The minimum Gasteiger partial charge on any atom is -0.279 e. The Labute approximate surface area is 80.3 Å². The van der Waals surface area contributed by atoms with Crippen LogP contribution >= 0.6 is 15.9 Å². The van der Waals surface area contributed by atoms with Crippen molar-refractivity contribution in [2.24, 2.45) is 0 Å². The molecule has 12 heavy (non-hydrogen) atoms. The van der Waals surface area contributed by atoms with Gasteiger partial charge in [-0.2, -0.15) is 0 Å². The van der Waals surface area contributed by atoms with E-state index in [0.717, 1.165) is 15.7 Å². The molecule has 0 fully saturated rings. The van der Waals surface area contributed by atoms with E-state index in [0.29, 0.717) is 0 Å². The van der Waals surface area contributed by atoms with Crippen molar-refractivity contribution in [1.82, 2.24) is 5.48 Å². The number of benzene rings is 1. The molecule has 0 aliphatic heterocycles. The lowest BCUT2D eigenvalue weighted by Gasteiger charge is -2.07. The summed E-state index contributed by atoms with van der Waals surface area (Å²) < 4.78 is 1.000. The van der Waals surface area contributed by atoms with Gasteiger partial charge in [0.05, 0.1) is 12.8 Å². The minimum atomic E-state index is 0.741. The van der Waals surface area contributed by atoms with Crippen LogP contribution in [0.2, 0.25) is 0 Å². The molecule has 0 bridgehead atoms. The minimum absolute atomic E-state index is 0.741. The third-order valence-electron chi connectivity index (χ3n) is 1.42. The summed E-state index contributed by atoms with van der Waals surface area (Å²) in [6.07, 6.45) is 0. The molecule has 2 nitrogen and oxygen atoms in total. The molecule has 0 aliphatic rings. The predicted octanol–water partition coefficient (Wildman–Crippen LogP) is 2.57. The molecule has 0 saturated heterocycles. The standard InChI is InChI=1S/C9H10BrNO/c1-7(11-12-2)8-5-3-4-6-9(8)10/h3-6,11H,1H2,2H3. The van der Waals surface area contributed by atoms with Crippen LogP contribution < -0.4 is 5.48 Å². The SMILES string of the molecule is C=C(NOC)c1ccccc1Br. The van der Waals surface area contributed by atoms with E-state index < -0.39 is 0 Å². The lowest BCUT2D eigenvalue weighted by atomic mass is 10.2. The molecule has 0 atom stereocenters. The highest BCUT2D eigenvalue weighted by Gasteiger charge is 2.00. The number of hydrogen-bond donors (Lipinski definition) is 1. The first kappa shape index (κ1) is 9.29. The van der Waals surface area contributed by atoms with E-state index >= 15 is 0 Å². The van der Waals surface area contributed by atoms with Crippen molar-refractivity contribution in [2.45, 2.75) is 0 Å². The second-order valence-electron chi connectivity index (χ2n) is 2.26. The van der Waals surface area contributed by atoms with Gasteiger partial charge in [-0.3, -0.25) is 10.3 Å². The van der Waals surface area contributed by atoms with E-state index in [9.17, 15) is 0 Å². The maximum atomic E-state index is 4.74. The van der Waals surface area contributed by atoms with Gasteiger partial charge in [0.1, 0.15) is 0 Å². The molecule has 64 valence electrons. The summed E-state index contributed by atoms with van der Waals surface area (Å²) in [4.78, 5) is 4.74. The average Bonchev–Trinajstić information content (AvgIpc) is 2.05. The number of hydroxylamine groups is 1. The van der Waals surface area contributed by atoms with Crippen LogP contribution in [0.25, 0.3) is 5.70 Å². The number of rotatable bonds is 3. The summed E-state index contributed by atoms with van der Waals surface area (Å²) in [5, 5.41) is 0. The monoisotopic (exact) mass is 227 g/mol. The largest absolute Gasteiger partial charge is 0.279 e. The number of halogens is 1. The summed E-state index contributed by atoms with van der Waals surface area (Å²) >= 11 is 3.41. The van der Waals surface area contributed by atoms with Gasteiger partial charge in [0, 0.05) is 10.0 Å². The van der Waals surface area contributed by atoms with E-state index in [4.69, 9.17) is 4.84 Å². The van der Waals surface area contributed by atoms with Crippen molar-refractivity contribution in [3.05, 3.63) is 40.9 Å². The summed E-state index contributed by atoms with van der Waals surface area (Å²) in [5.41, 5.74) is 4.42. The molecule has 0 unspecified atom stereocenters. The fourth-order valence-corrected chi connectivity index (χ4v) is 1.41. The van der Waals surface area contributed by atoms with Gasteiger partial charge >= 0.3 is 0 Å². The highest BCUT2D eigenvalue weighted by Crippen LogP contribution is 2.20. The lowest BCUT2D eigenvalue weighted by molar-refractivity contribution is 0.137. The number of nitrogens with one attached hydrogen (secondary N) is 1. The number of hydrogen-bond acceptors (Lipinski definition) is 2. The first-order chi connectivity index (χ1) is 5.75. The summed E-state index contributed by atoms with van der Waals surface area (Å²) in [6, 6.07) is 7.81. The molecule has 0 heterocycles. The van der Waals surface area contributed by atoms with Gasteiger partial charge in [-0.15, -0.1) is 0 Å². The molecule has 0 spiro atoms. The third-order valence-corrected chi connectivity index (χ3v) is 2.12. The van der Waals surface area contributed by atoms with Crippen molar-refractivity contribution in [3.8, 4) is 0 Å². The van der Waals surface area contributed by atoms with Crippen LogP contribution in [-0.2, 0) is 4.84 Å². The lowest BCUT2D eigenvalue weighted by Crippen LogP contribution is -2.08. The Hall–Kier alpha value is -0.800. The first-order valence-corrected chi connectivity index (χ1v) is 4.28. The van der Waals surface area contributed by atoms with Gasteiger partial charge in [0.2, 0.25) is 0 Å². The Balaban J connectivity index is 2.87. The Morgan fingerprint density at radius 1 is 1.50 bits per heavy atom. The quantitative estimate of drug-likeness (QED) is 0.802. The summed E-state index contributed by atoms with van der Waals surface area (Å²) in [6.45, 7) is 3.81. The van der Waals surface area contributed by atoms with Crippen molar-refractivity contribution in [2.75, 3.05) is 7.11 Å². The van der Waals surface area contributed by atoms with Crippen molar-refractivity contribution in [3.63, 3.8) is 0 Å². The smallest absolute Gasteiger partial charge is 0.0636 e. The van der Waals surface area contributed by atoms with E-state index in [-0.39, 0.29) is 0 Å².